The van der Waals surface area contributed by atoms with E-state index in [0.717, 1.165) is 42.9 Å². The summed E-state index contributed by atoms with van der Waals surface area (Å²) >= 11 is 1.64. The monoisotopic (exact) mass is 526 g/mol. The molecule has 202 valence electrons. The van der Waals surface area contributed by atoms with Crippen LogP contribution < -0.4 is 5.32 Å². The molecule has 3 atom stereocenters. The number of aryl methyl sites for hydroxylation is 1. The summed E-state index contributed by atoms with van der Waals surface area (Å²) in [6.45, 7) is 16.2. The molecule has 0 spiro atoms. The van der Waals surface area contributed by atoms with Gasteiger partial charge in [-0.1, -0.05) is 64.0 Å². The minimum absolute atomic E-state index is 0. The molecule has 1 N–H and O–H groups in total. The molecular weight excluding hydrogens is 484 g/mol. The van der Waals surface area contributed by atoms with E-state index in [4.69, 9.17) is 4.52 Å². The molecule has 4 rings (SSSR count). The molecule has 2 amide bonds. The van der Waals surface area contributed by atoms with Gasteiger partial charge in [-0.15, -0.1) is 11.3 Å². The summed E-state index contributed by atoms with van der Waals surface area (Å²) in [5.41, 5.74) is 6.11. The van der Waals surface area contributed by atoms with Crippen molar-refractivity contribution in [1.82, 2.24) is 20.4 Å². The van der Waals surface area contributed by atoms with Crippen molar-refractivity contribution < 1.29 is 15.5 Å². The maximum atomic E-state index is 12.8. The maximum absolute atomic E-state index is 12.8. The van der Waals surface area contributed by atoms with Crippen molar-refractivity contribution in [3.05, 3.63) is 58.6 Å². The Morgan fingerprint density at radius 1 is 1.22 bits per heavy atom. The van der Waals surface area contributed by atoms with Gasteiger partial charge in [-0.2, -0.15) is 0 Å². The van der Waals surface area contributed by atoms with Gasteiger partial charge >= 0.3 is 0 Å². The van der Waals surface area contributed by atoms with Crippen LogP contribution in [0.25, 0.3) is 10.4 Å². The fraction of sp³-hybridized carbons (Fsp3) is 0.517. The number of carbonyl (C=O) groups is 2. The van der Waals surface area contributed by atoms with Gasteiger partial charge in [0.05, 0.1) is 27.8 Å². The Morgan fingerprint density at radius 3 is 2.41 bits per heavy atom. The molecular formula is C29H42N4O3S. The van der Waals surface area contributed by atoms with Crippen LogP contribution in [0.3, 0.4) is 0 Å². The molecule has 1 aliphatic rings. The number of nitrogens with zero attached hydrogens (tertiary/aromatic N) is 3. The van der Waals surface area contributed by atoms with E-state index in [-0.39, 0.29) is 25.2 Å². The van der Waals surface area contributed by atoms with Crippen LogP contribution >= 0.6 is 11.3 Å². The minimum atomic E-state index is -0.208. The van der Waals surface area contributed by atoms with Gasteiger partial charge in [-0.3, -0.25) is 9.59 Å². The van der Waals surface area contributed by atoms with E-state index in [2.05, 4.69) is 62.2 Å². The van der Waals surface area contributed by atoms with Crippen LogP contribution in [-0.2, 0) is 9.59 Å². The molecule has 3 heterocycles. The lowest BCUT2D eigenvalue weighted by Crippen LogP contribution is -2.35. The summed E-state index contributed by atoms with van der Waals surface area (Å²) in [4.78, 5) is 30.5. The van der Waals surface area contributed by atoms with Gasteiger partial charge in [0.2, 0.25) is 12.3 Å². The highest BCUT2D eigenvalue weighted by atomic mass is 32.1. The number of thiazole rings is 1. The number of nitrogens with one attached hydrogen (secondary N) is 1. The van der Waals surface area contributed by atoms with Crippen molar-refractivity contribution in [3.63, 3.8) is 0 Å². The summed E-state index contributed by atoms with van der Waals surface area (Å²) in [7, 11) is 0. The number of carbonyl (C=O) groups excluding carboxylic acids is 2. The number of aromatic nitrogens is 2. The van der Waals surface area contributed by atoms with Crippen molar-refractivity contribution in [2.45, 2.75) is 72.8 Å². The average molecular weight is 527 g/mol. The fourth-order valence-corrected chi connectivity index (χ4v) is 5.30. The van der Waals surface area contributed by atoms with Crippen LogP contribution in [-0.4, -0.2) is 40.4 Å². The smallest absolute Gasteiger partial charge is 0.233 e. The Balaban J connectivity index is 0.000000263. The predicted octanol–water partition coefficient (Wildman–Crippen LogP) is 6.58. The lowest BCUT2D eigenvalue weighted by Gasteiger charge is -2.24. The Bertz CT molecular complexity index is 1160. The number of hydrogen-bond donors (Lipinski definition) is 1. The van der Waals surface area contributed by atoms with Gasteiger partial charge in [-0.25, -0.2) is 4.98 Å². The molecule has 8 heteroatoms. The molecule has 0 saturated carbocycles. The molecule has 0 bridgehead atoms. The van der Waals surface area contributed by atoms with Crippen LogP contribution in [0.4, 0.5) is 0 Å². The first-order chi connectivity index (χ1) is 17.6. The third-order valence-electron chi connectivity index (χ3n) is 6.85. The molecule has 1 aliphatic heterocycles. The van der Waals surface area contributed by atoms with Crippen molar-refractivity contribution in [2.75, 3.05) is 13.1 Å². The van der Waals surface area contributed by atoms with Crippen molar-refractivity contribution in [2.24, 2.45) is 11.8 Å². The van der Waals surface area contributed by atoms with Gasteiger partial charge in [0.15, 0.2) is 0 Å². The summed E-state index contributed by atoms with van der Waals surface area (Å²) in [6, 6.07) is 10.2. The number of hydrogen-bond acceptors (Lipinski definition) is 6. The average Bonchev–Trinajstić information content (AvgIpc) is 3.61. The summed E-state index contributed by atoms with van der Waals surface area (Å²) in [6.07, 6.45) is 1.83. The van der Waals surface area contributed by atoms with E-state index < -0.39 is 0 Å². The molecule has 1 saturated heterocycles. The molecule has 1 aromatic carbocycles. The number of amides is 2. The van der Waals surface area contributed by atoms with Crippen LogP contribution in [0.2, 0.25) is 0 Å². The van der Waals surface area contributed by atoms with E-state index in [1.807, 2.05) is 42.5 Å². The summed E-state index contributed by atoms with van der Waals surface area (Å²) < 4.78 is 5.46. The predicted molar refractivity (Wildman–Crippen MR) is 151 cm³/mol. The van der Waals surface area contributed by atoms with Gasteiger partial charge in [-0.05, 0) is 49.1 Å². The third kappa shape index (κ3) is 7.28. The van der Waals surface area contributed by atoms with Crippen LogP contribution in [0, 0.1) is 18.8 Å². The lowest BCUT2D eigenvalue weighted by molar-refractivity contribution is -0.133. The number of benzene rings is 1. The normalized spacial score (nSPS) is 16.9. The van der Waals surface area contributed by atoms with Crippen LogP contribution in [0.5, 0.6) is 0 Å². The number of likely N-dealkylation sites (tertiary alicyclic amines) is 1. The lowest BCUT2D eigenvalue weighted by atomic mass is 9.91. The van der Waals surface area contributed by atoms with Gasteiger partial charge in [0.25, 0.3) is 0 Å². The zero-order valence-electron chi connectivity index (χ0n) is 23.0. The molecule has 7 nitrogen and oxygen atoms in total. The molecule has 0 radical (unpaired) electrons. The highest BCUT2D eigenvalue weighted by Gasteiger charge is 2.34. The van der Waals surface area contributed by atoms with Crippen molar-refractivity contribution in [3.8, 4) is 10.4 Å². The molecule has 1 fully saturated rings. The second kappa shape index (κ2) is 13.0. The molecule has 2 aromatic heterocycles. The third-order valence-corrected chi connectivity index (χ3v) is 7.83. The quantitative estimate of drug-likeness (QED) is 0.335. The molecule has 0 unspecified atom stereocenters. The summed E-state index contributed by atoms with van der Waals surface area (Å²) in [5, 5.41) is 6.83. The Kier molecular flexibility index (Phi) is 10.0. The first-order valence-electron chi connectivity index (χ1n) is 13.1. The molecule has 0 aliphatic carbocycles. The first-order valence-corrected chi connectivity index (χ1v) is 14.0. The van der Waals surface area contributed by atoms with E-state index in [0.29, 0.717) is 17.6 Å². The largest absolute Gasteiger partial charge is 0.360 e. The Labute approximate surface area is 226 Å². The second-order valence-electron chi connectivity index (χ2n) is 10.6. The molecule has 37 heavy (non-hydrogen) atoms. The highest BCUT2D eigenvalue weighted by molar-refractivity contribution is 7.13. The van der Waals surface area contributed by atoms with Gasteiger partial charge in [0, 0.05) is 20.6 Å². The standard InChI is InChI=1S/C16H26N2O2.C13H14N2OS.H2/c1-10(2)13-8-14(20-17-13)15(11(3)4)16(19)18-7-6-12(5)9-18;1-9(14-7-16)11-3-5-12(6-4-11)13-10(2)15-8-17-13;/h8,10-12,15H,6-7,9H2,1-5H3;3-9H,1-2H3,(H,14,16);1H/t12-,15-;9-;/m10./s1. The second-order valence-corrected chi connectivity index (χ2v) is 11.5. The van der Waals surface area contributed by atoms with Crippen molar-refractivity contribution >= 4 is 23.7 Å². The SMILES string of the molecule is CC(C)c1cc([C@H](C(=O)N2CC[C@@H](C)C2)C(C)C)on1.Cc1ncsc1-c1ccc([C@H](C)NC=O)cc1.[HH]. The van der Waals surface area contributed by atoms with E-state index >= 15 is 0 Å². The zero-order valence-corrected chi connectivity index (χ0v) is 23.8. The van der Waals surface area contributed by atoms with Crippen LogP contribution in [0.1, 0.15) is 90.0 Å². The minimum Gasteiger partial charge on any atom is -0.360 e. The molecule has 3 aromatic rings. The topological polar surface area (TPSA) is 88.3 Å². The fourth-order valence-electron chi connectivity index (χ4n) is 4.49. The van der Waals surface area contributed by atoms with Crippen molar-refractivity contribution in [1.29, 1.82) is 0 Å². The Hall–Kier alpha value is -3.00. The number of rotatable bonds is 8. The van der Waals surface area contributed by atoms with Crippen LogP contribution in [0.15, 0.2) is 40.4 Å². The maximum Gasteiger partial charge on any atom is 0.233 e. The summed E-state index contributed by atoms with van der Waals surface area (Å²) in [5.74, 6) is 1.84. The van der Waals surface area contributed by atoms with E-state index in [9.17, 15) is 9.59 Å². The Morgan fingerprint density at radius 2 is 1.92 bits per heavy atom. The van der Waals surface area contributed by atoms with Gasteiger partial charge < -0.3 is 14.7 Å². The zero-order chi connectivity index (χ0) is 27.1. The first kappa shape index (κ1) is 28.6. The highest BCUT2D eigenvalue weighted by Crippen LogP contribution is 2.31. The van der Waals surface area contributed by atoms with Gasteiger partial charge in [0.1, 0.15) is 11.7 Å². The van der Waals surface area contributed by atoms with E-state index in [1.165, 1.54) is 10.4 Å². The van der Waals surface area contributed by atoms with E-state index in [1.54, 1.807) is 11.3 Å².